The van der Waals surface area contributed by atoms with Crippen LogP contribution in [0.1, 0.15) is 25.7 Å². The van der Waals surface area contributed by atoms with Crippen molar-refractivity contribution in [1.29, 1.82) is 0 Å². The number of benzene rings is 1. The molecule has 0 fully saturated rings. The molecule has 0 atom stereocenters. The molecule has 0 amide bonds. The van der Waals surface area contributed by atoms with Gasteiger partial charge in [-0.1, -0.05) is 18.2 Å². The first-order valence-electron chi connectivity index (χ1n) is 5.05. The molecule has 1 aromatic carbocycles. The molecule has 0 radical (unpaired) electrons. The van der Waals surface area contributed by atoms with Gasteiger partial charge in [-0.25, -0.2) is 0 Å². The third kappa shape index (κ3) is 4.57. The molecular weight excluding hydrogens is 172 g/mol. The van der Waals surface area contributed by atoms with Crippen LogP contribution in [0.3, 0.4) is 0 Å². The summed E-state index contributed by atoms with van der Waals surface area (Å²) in [6, 6.07) is 9.89. The van der Waals surface area contributed by atoms with Crippen molar-refractivity contribution in [3.05, 3.63) is 30.3 Å². The van der Waals surface area contributed by atoms with Crippen molar-refractivity contribution in [2.75, 3.05) is 6.61 Å². The lowest BCUT2D eigenvalue weighted by molar-refractivity contribution is 0.305. The minimum absolute atomic E-state index is 0.786. The van der Waals surface area contributed by atoms with E-state index in [0.29, 0.717) is 0 Å². The average molecular weight is 188 g/mol. The van der Waals surface area contributed by atoms with Crippen molar-refractivity contribution in [3.8, 4) is 18.1 Å². The number of hydrogen-bond acceptors (Lipinski definition) is 1. The van der Waals surface area contributed by atoms with Crippen LogP contribution in [0.2, 0.25) is 0 Å². The van der Waals surface area contributed by atoms with Crippen molar-refractivity contribution >= 4 is 0 Å². The molecule has 0 bridgehead atoms. The molecular formula is C13H16O. The molecule has 0 saturated heterocycles. The van der Waals surface area contributed by atoms with E-state index < -0.39 is 0 Å². The lowest BCUT2D eigenvalue weighted by Gasteiger charge is -2.04. The Bertz CT molecular complexity index is 271. The van der Waals surface area contributed by atoms with Gasteiger partial charge in [0.25, 0.3) is 0 Å². The van der Waals surface area contributed by atoms with Gasteiger partial charge >= 0.3 is 0 Å². The van der Waals surface area contributed by atoms with Gasteiger partial charge in [0.1, 0.15) is 5.75 Å². The molecule has 1 rings (SSSR count). The highest BCUT2D eigenvalue weighted by Crippen LogP contribution is 2.09. The molecule has 14 heavy (non-hydrogen) atoms. The van der Waals surface area contributed by atoms with Crippen molar-refractivity contribution in [2.45, 2.75) is 25.7 Å². The summed E-state index contributed by atoms with van der Waals surface area (Å²) in [5.74, 6) is 3.58. The van der Waals surface area contributed by atoms with Gasteiger partial charge in [0.15, 0.2) is 0 Å². The summed E-state index contributed by atoms with van der Waals surface area (Å²) < 4.78 is 5.53. The molecule has 0 aliphatic rings. The third-order valence-corrected chi connectivity index (χ3v) is 1.98. The van der Waals surface area contributed by atoms with Crippen molar-refractivity contribution in [1.82, 2.24) is 0 Å². The highest BCUT2D eigenvalue weighted by Gasteiger charge is 1.91. The van der Waals surface area contributed by atoms with Gasteiger partial charge in [0.2, 0.25) is 0 Å². The fourth-order valence-electron chi connectivity index (χ4n) is 1.21. The zero-order valence-corrected chi connectivity index (χ0v) is 8.41. The monoisotopic (exact) mass is 188 g/mol. The number of rotatable bonds is 6. The maximum Gasteiger partial charge on any atom is 0.119 e. The molecule has 0 saturated carbocycles. The number of ether oxygens (including phenoxy) is 1. The van der Waals surface area contributed by atoms with Gasteiger partial charge in [-0.2, -0.15) is 0 Å². The topological polar surface area (TPSA) is 9.23 Å². The molecule has 0 aromatic heterocycles. The van der Waals surface area contributed by atoms with Gasteiger partial charge in [-0.05, 0) is 31.4 Å². The summed E-state index contributed by atoms with van der Waals surface area (Å²) in [6.45, 7) is 0.786. The number of hydrogen-bond donors (Lipinski definition) is 0. The second-order valence-corrected chi connectivity index (χ2v) is 3.18. The van der Waals surface area contributed by atoms with E-state index in [-0.39, 0.29) is 0 Å². The van der Waals surface area contributed by atoms with E-state index in [9.17, 15) is 0 Å². The van der Waals surface area contributed by atoms with Gasteiger partial charge < -0.3 is 4.74 Å². The zero-order valence-electron chi connectivity index (χ0n) is 8.41. The van der Waals surface area contributed by atoms with Crippen LogP contribution in [0.15, 0.2) is 30.3 Å². The molecule has 1 nitrogen and oxygen atoms in total. The van der Waals surface area contributed by atoms with E-state index in [1.807, 2.05) is 30.3 Å². The van der Waals surface area contributed by atoms with E-state index in [2.05, 4.69) is 5.92 Å². The zero-order chi connectivity index (χ0) is 10.1. The van der Waals surface area contributed by atoms with E-state index in [1.54, 1.807) is 0 Å². The van der Waals surface area contributed by atoms with Crippen LogP contribution in [0.25, 0.3) is 0 Å². The summed E-state index contributed by atoms with van der Waals surface area (Å²) in [4.78, 5) is 0. The maximum absolute atomic E-state index is 5.53. The van der Waals surface area contributed by atoms with Crippen LogP contribution in [-0.4, -0.2) is 6.61 Å². The molecule has 0 heterocycles. The van der Waals surface area contributed by atoms with E-state index in [4.69, 9.17) is 11.2 Å². The van der Waals surface area contributed by atoms with Crippen LogP contribution >= 0.6 is 0 Å². The van der Waals surface area contributed by atoms with Gasteiger partial charge in [-0.3, -0.25) is 0 Å². The smallest absolute Gasteiger partial charge is 0.119 e. The molecule has 1 heteroatoms. The molecule has 1 aromatic rings. The summed E-state index contributed by atoms with van der Waals surface area (Å²) in [7, 11) is 0. The Kier molecular flexibility index (Phi) is 5.35. The van der Waals surface area contributed by atoms with Crippen LogP contribution in [0.4, 0.5) is 0 Å². The number of para-hydroxylation sites is 1. The first kappa shape index (κ1) is 10.7. The first-order valence-corrected chi connectivity index (χ1v) is 5.05. The van der Waals surface area contributed by atoms with Crippen molar-refractivity contribution in [2.24, 2.45) is 0 Å². The van der Waals surface area contributed by atoms with Crippen molar-refractivity contribution < 1.29 is 4.74 Å². The van der Waals surface area contributed by atoms with Crippen LogP contribution in [0, 0.1) is 12.3 Å². The minimum atomic E-state index is 0.786. The normalized spacial score (nSPS) is 9.36. The Morgan fingerprint density at radius 1 is 1.07 bits per heavy atom. The maximum atomic E-state index is 5.53. The lowest BCUT2D eigenvalue weighted by Crippen LogP contribution is -1.96. The van der Waals surface area contributed by atoms with E-state index in [1.165, 1.54) is 0 Å². The molecule has 0 aliphatic carbocycles. The molecule has 0 unspecified atom stereocenters. The van der Waals surface area contributed by atoms with Gasteiger partial charge in [-0.15, -0.1) is 12.3 Å². The summed E-state index contributed by atoms with van der Waals surface area (Å²) >= 11 is 0. The summed E-state index contributed by atoms with van der Waals surface area (Å²) in [5, 5.41) is 0. The predicted octanol–water partition coefficient (Wildman–Crippen LogP) is 3.26. The fourth-order valence-corrected chi connectivity index (χ4v) is 1.21. The Morgan fingerprint density at radius 2 is 1.86 bits per heavy atom. The second-order valence-electron chi connectivity index (χ2n) is 3.18. The molecule has 0 N–H and O–H groups in total. The van der Waals surface area contributed by atoms with Gasteiger partial charge in [0.05, 0.1) is 6.61 Å². The first-order chi connectivity index (χ1) is 6.93. The predicted molar refractivity (Wildman–Crippen MR) is 59.2 cm³/mol. The minimum Gasteiger partial charge on any atom is -0.494 e. The third-order valence-electron chi connectivity index (χ3n) is 1.98. The largest absolute Gasteiger partial charge is 0.494 e. The highest BCUT2D eigenvalue weighted by atomic mass is 16.5. The number of unbranched alkanes of at least 4 members (excludes halogenated alkanes) is 3. The standard InChI is InChI=1S/C13H16O/c1-2-3-4-5-9-12-14-13-10-7-6-8-11-13/h1,6-8,10-11H,3-5,9,12H2. The Morgan fingerprint density at radius 3 is 2.57 bits per heavy atom. The van der Waals surface area contributed by atoms with Crippen LogP contribution in [0.5, 0.6) is 5.75 Å². The molecule has 74 valence electrons. The summed E-state index contributed by atoms with van der Waals surface area (Å²) in [5.41, 5.74) is 0. The molecule has 0 aliphatic heterocycles. The highest BCUT2D eigenvalue weighted by molar-refractivity contribution is 5.20. The second kappa shape index (κ2) is 7.03. The average Bonchev–Trinajstić information content (AvgIpc) is 2.25. The molecule has 0 spiro atoms. The van der Waals surface area contributed by atoms with Crippen molar-refractivity contribution in [3.63, 3.8) is 0 Å². The van der Waals surface area contributed by atoms with E-state index in [0.717, 1.165) is 38.0 Å². The van der Waals surface area contributed by atoms with E-state index >= 15 is 0 Å². The Labute approximate surface area is 86.1 Å². The SMILES string of the molecule is C#CCCCCCOc1ccccc1. The lowest BCUT2D eigenvalue weighted by atomic mass is 10.2. The number of terminal acetylenes is 1. The van der Waals surface area contributed by atoms with Crippen LogP contribution < -0.4 is 4.74 Å². The quantitative estimate of drug-likeness (QED) is 0.492. The Hall–Kier alpha value is -1.42. The van der Waals surface area contributed by atoms with Crippen LogP contribution in [-0.2, 0) is 0 Å². The summed E-state index contributed by atoms with van der Waals surface area (Å²) in [6.07, 6.45) is 9.37. The Balaban J connectivity index is 2.03. The fraction of sp³-hybridized carbons (Fsp3) is 0.385. The van der Waals surface area contributed by atoms with Gasteiger partial charge in [0, 0.05) is 6.42 Å².